The van der Waals surface area contributed by atoms with Gasteiger partial charge in [-0.25, -0.2) is 0 Å². The topological polar surface area (TPSA) is 29.1 Å². The van der Waals surface area contributed by atoms with E-state index in [1.165, 1.54) is 18.2 Å². The van der Waals surface area contributed by atoms with Crippen LogP contribution in [-0.2, 0) is 11.3 Å². The molecule has 2 nitrogen and oxygen atoms in total. The number of allylic oxidation sites excluding steroid dienone is 1. The third kappa shape index (κ3) is 5.86. The highest BCUT2D eigenvalue weighted by Gasteiger charge is 2.39. The number of carbonyl (C=O) groups is 1. The number of amides is 1. The summed E-state index contributed by atoms with van der Waals surface area (Å²) in [5, 5.41) is 3.19. The van der Waals surface area contributed by atoms with Crippen molar-refractivity contribution in [1.82, 2.24) is 5.32 Å². The van der Waals surface area contributed by atoms with E-state index in [2.05, 4.69) is 5.32 Å². The second-order valence-electron chi connectivity index (χ2n) is 7.62. The first-order chi connectivity index (χ1) is 13.6. The van der Waals surface area contributed by atoms with Gasteiger partial charge in [0.2, 0.25) is 5.91 Å². The Balaban J connectivity index is 1.76. The fourth-order valence-electron chi connectivity index (χ4n) is 3.25. The van der Waals surface area contributed by atoms with E-state index >= 15 is 0 Å². The van der Waals surface area contributed by atoms with E-state index in [1.807, 2.05) is 19.1 Å². The summed E-state index contributed by atoms with van der Waals surface area (Å²) in [5.74, 6) is -1.53. The fourth-order valence-corrected chi connectivity index (χ4v) is 3.55. The van der Waals surface area contributed by atoms with Crippen molar-refractivity contribution < 1.29 is 18.0 Å². The molecule has 1 atom stereocenters. The lowest BCUT2D eigenvalue weighted by Crippen LogP contribution is -2.24. The van der Waals surface area contributed by atoms with Crippen molar-refractivity contribution in [2.75, 3.05) is 0 Å². The summed E-state index contributed by atoms with van der Waals surface area (Å²) < 4.78 is 40.9. The van der Waals surface area contributed by atoms with Crippen LogP contribution in [0.25, 0.3) is 6.08 Å². The first-order valence-corrected chi connectivity index (χ1v) is 9.90. The Bertz CT molecular complexity index is 912. The van der Waals surface area contributed by atoms with Crippen LogP contribution in [0.2, 0.25) is 5.02 Å². The number of rotatable bonds is 6. The lowest BCUT2D eigenvalue weighted by Gasteiger charge is -2.18. The van der Waals surface area contributed by atoms with Gasteiger partial charge in [0.25, 0.3) is 0 Å². The normalized spacial score (nSPS) is 15.5. The van der Waals surface area contributed by atoms with Gasteiger partial charge in [-0.2, -0.15) is 13.2 Å². The molecule has 1 fully saturated rings. The molecule has 0 saturated heterocycles. The molecular weight excluding hydrogens is 399 g/mol. The number of hydrogen-bond donors (Lipinski definition) is 1. The van der Waals surface area contributed by atoms with Gasteiger partial charge >= 0.3 is 6.18 Å². The number of carbonyl (C=O) groups excluding carboxylic acids is 1. The van der Waals surface area contributed by atoms with Gasteiger partial charge in [-0.3, -0.25) is 4.79 Å². The maximum absolute atomic E-state index is 13.6. The van der Waals surface area contributed by atoms with Gasteiger partial charge < -0.3 is 5.32 Å². The van der Waals surface area contributed by atoms with Crippen LogP contribution in [0.1, 0.15) is 46.6 Å². The number of aryl methyl sites for hydroxylation is 2. The molecule has 6 heteroatoms. The molecule has 154 valence electrons. The zero-order valence-corrected chi connectivity index (χ0v) is 17.1. The molecule has 0 aliphatic heterocycles. The molecule has 1 aliphatic carbocycles. The van der Waals surface area contributed by atoms with E-state index in [4.69, 9.17) is 11.6 Å². The lowest BCUT2D eigenvalue weighted by atomic mass is 9.95. The first-order valence-electron chi connectivity index (χ1n) is 9.53. The Labute approximate surface area is 173 Å². The Morgan fingerprint density at radius 3 is 2.52 bits per heavy atom. The number of alkyl halides is 3. The summed E-state index contributed by atoms with van der Waals surface area (Å²) in [6.45, 7) is 4.03. The van der Waals surface area contributed by atoms with Crippen LogP contribution in [0.5, 0.6) is 0 Å². The van der Waals surface area contributed by atoms with Crippen molar-refractivity contribution in [2.45, 2.75) is 45.3 Å². The third-order valence-electron chi connectivity index (χ3n) is 5.03. The average molecular weight is 422 g/mol. The highest BCUT2D eigenvalue weighted by atomic mass is 35.5. The van der Waals surface area contributed by atoms with E-state index in [0.29, 0.717) is 17.7 Å². The third-order valence-corrected chi connectivity index (χ3v) is 5.24. The highest BCUT2D eigenvalue weighted by Crippen LogP contribution is 2.38. The quantitative estimate of drug-likeness (QED) is 0.579. The van der Waals surface area contributed by atoms with Crippen molar-refractivity contribution in [1.29, 1.82) is 0 Å². The Morgan fingerprint density at radius 2 is 1.93 bits per heavy atom. The van der Waals surface area contributed by atoms with E-state index in [1.54, 1.807) is 19.1 Å². The van der Waals surface area contributed by atoms with E-state index < -0.39 is 12.1 Å². The maximum atomic E-state index is 13.6. The zero-order chi connectivity index (χ0) is 21.2. The fraction of sp³-hybridized carbons (Fsp3) is 0.348. The summed E-state index contributed by atoms with van der Waals surface area (Å²) in [6.07, 6.45) is 0.111. The van der Waals surface area contributed by atoms with E-state index in [9.17, 15) is 18.0 Å². The Morgan fingerprint density at radius 1 is 1.21 bits per heavy atom. The second-order valence-corrected chi connectivity index (χ2v) is 8.05. The van der Waals surface area contributed by atoms with Crippen LogP contribution in [-0.4, -0.2) is 12.1 Å². The minimum absolute atomic E-state index is 0.0678. The minimum Gasteiger partial charge on any atom is -0.352 e. The Hall–Kier alpha value is -2.27. The van der Waals surface area contributed by atoms with Crippen molar-refractivity contribution in [3.05, 3.63) is 75.3 Å². The molecule has 0 aromatic heterocycles. The summed E-state index contributed by atoms with van der Waals surface area (Å²) >= 11 is 5.95. The molecule has 1 aliphatic rings. The summed E-state index contributed by atoms with van der Waals surface area (Å²) in [4.78, 5) is 11.8. The van der Waals surface area contributed by atoms with Crippen molar-refractivity contribution in [2.24, 2.45) is 5.92 Å². The van der Waals surface area contributed by atoms with Crippen molar-refractivity contribution >= 4 is 23.6 Å². The molecule has 2 aromatic carbocycles. The highest BCUT2D eigenvalue weighted by molar-refractivity contribution is 6.30. The van der Waals surface area contributed by atoms with Gasteiger partial charge in [0.15, 0.2) is 0 Å². The van der Waals surface area contributed by atoms with Crippen LogP contribution in [0.15, 0.2) is 42.5 Å². The monoisotopic (exact) mass is 421 g/mol. The molecule has 0 bridgehead atoms. The molecule has 1 amide bonds. The number of hydrogen-bond acceptors (Lipinski definition) is 1. The molecule has 29 heavy (non-hydrogen) atoms. The van der Waals surface area contributed by atoms with Crippen LogP contribution < -0.4 is 5.32 Å². The van der Waals surface area contributed by atoms with Gasteiger partial charge in [0, 0.05) is 17.5 Å². The van der Waals surface area contributed by atoms with Crippen molar-refractivity contribution in [3.63, 3.8) is 0 Å². The molecule has 1 unspecified atom stereocenters. The Kier molecular flexibility index (Phi) is 6.37. The lowest BCUT2D eigenvalue weighted by molar-refractivity contribution is -0.139. The summed E-state index contributed by atoms with van der Waals surface area (Å²) in [6, 6.07) is 9.92. The standard InChI is InChI=1S/C23H23ClF3NO/c1-14-9-19(12-20(24)10-14)21(23(25,26)27)8-4-16-3-5-18(15(2)11-16)13-28-22(29)17-6-7-17/h3-5,8-12,17,21H,6-7,13H2,1-2H3,(H,28,29)/b8-4+. The van der Waals surface area contributed by atoms with Gasteiger partial charge in [-0.15, -0.1) is 0 Å². The summed E-state index contributed by atoms with van der Waals surface area (Å²) in [5.41, 5.74) is 3.35. The van der Waals surface area contributed by atoms with Gasteiger partial charge in [0.1, 0.15) is 0 Å². The minimum atomic E-state index is -4.42. The SMILES string of the molecule is Cc1cc(Cl)cc(C(/C=C/c2ccc(CNC(=O)C3CC3)c(C)c2)C(F)(F)F)c1. The zero-order valence-electron chi connectivity index (χ0n) is 16.3. The van der Waals surface area contributed by atoms with Gasteiger partial charge in [-0.05, 0) is 66.6 Å². The second kappa shape index (κ2) is 8.62. The number of nitrogens with one attached hydrogen (secondary N) is 1. The molecule has 0 heterocycles. The molecule has 1 saturated carbocycles. The molecule has 1 N–H and O–H groups in total. The average Bonchev–Trinajstić information content (AvgIpc) is 3.44. The largest absolute Gasteiger partial charge is 0.399 e. The molecule has 3 rings (SSSR count). The smallest absolute Gasteiger partial charge is 0.352 e. The molecule has 0 radical (unpaired) electrons. The molecule has 2 aromatic rings. The maximum Gasteiger partial charge on any atom is 0.399 e. The number of halogens is 4. The van der Waals surface area contributed by atoms with Crippen LogP contribution in [0, 0.1) is 19.8 Å². The van der Waals surface area contributed by atoms with Crippen LogP contribution >= 0.6 is 11.6 Å². The number of benzene rings is 2. The molecular formula is C23H23ClF3NO. The summed E-state index contributed by atoms with van der Waals surface area (Å²) in [7, 11) is 0. The van der Waals surface area contributed by atoms with Crippen molar-refractivity contribution in [3.8, 4) is 0 Å². The van der Waals surface area contributed by atoms with E-state index in [-0.39, 0.29) is 22.4 Å². The van der Waals surface area contributed by atoms with Crippen LogP contribution in [0.4, 0.5) is 13.2 Å². The molecule has 0 spiro atoms. The van der Waals surface area contributed by atoms with E-state index in [0.717, 1.165) is 30.0 Å². The predicted octanol–water partition coefficient (Wildman–Crippen LogP) is 6.34. The van der Waals surface area contributed by atoms with Gasteiger partial charge in [-0.1, -0.05) is 48.0 Å². The van der Waals surface area contributed by atoms with Crippen LogP contribution in [0.3, 0.4) is 0 Å². The van der Waals surface area contributed by atoms with Gasteiger partial charge in [0.05, 0.1) is 5.92 Å². The first kappa shape index (κ1) is 21.4. The predicted molar refractivity (Wildman–Crippen MR) is 110 cm³/mol.